The van der Waals surface area contributed by atoms with Gasteiger partial charge in [0, 0.05) is 63.4 Å². The molecule has 0 radical (unpaired) electrons. The molecule has 2 saturated heterocycles. The summed E-state index contributed by atoms with van der Waals surface area (Å²) in [5.74, 6) is 0.187. The van der Waals surface area contributed by atoms with Gasteiger partial charge in [-0.15, -0.1) is 0 Å². The number of benzene rings is 1. The van der Waals surface area contributed by atoms with E-state index < -0.39 is 0 Å². The maximum absolute atomic E-state index is 13.0. The standard InChI is InChI=1S/C20H29N3O3/c1-21(2)17-6-4-16(5-7-17)19(26)23-11-3-9-20(15-23)10-8-18(25)22(14-20)12-13-24/h4-7,24H,3,8-15H2,1-2H3. The molecule has 2 amide bonds. The molecule has 1 atom stereocenters. The third kappa shape index (κ3) is 3.85. The number of hydrogen-bond acceptors (Lipinski definition) is 4. The van der Waals surface area contributed by atoms with Gasteiger partial charge in [0.25, 0.3) is 5.91 Å². The summed E-state index contributed by atoms with van der Waals surface area (Å²) in [7, 11) is 3.96. The minimum absolute atomic E-state index is 0.0112. The summed E-state index contributed by atoms with van der Waals surface area (Å²) in [5.41, 5.74) is 1.76. The van der Waals surface area contributed by atoms with Gasteiger partial charge in [-0.2, -0.15) is 0 Å². The molecule has 142 valence electrons. The molecular weight excluding hydrogens is 330 g/mol. The third-order valence-corrected chi connectivity index (χ3v) is 5.70. The molecule has 6 heteroatoms. The Morgan fingerprint density at radius 2 is 1.92 bits per heavy atom. The zero-order valence-corrected chi connectivity index (χ0v) is 15.8. The first-order chi connectivity index (χ1) is 12.4. The Morgan fingerprint density at radius 1 is 1.19 bits per heavy atom. The Balaban J connectivity index is 1.71. The molecule has 1 N–H and O–H groups in total. The number of aliphatic hydroxyl groups excluding tert-OH is 1. The lowest BCUT2D eigenvalue weighted by molar-refractivity contribution is -0.139. The summed E-state index contributed by atoms with van der Waals surface area (Å²) < 4.78 is 0. The minimum Gasteiger partial charge on any atom is -0.395 e. The van der Waals surface area contributed by atoms with Crippen molar-refractivity contribution in [2.45, 2.75) is 25.7 Å². The van der Waals surface area contributed by atoms with Crippen molar-refractivity contribution < 1.29 is 14.7 Å². The number of anilines is 1. The van der Waals surface area contributed by atoms with E-state index in [2.05, 4.69) is 0 Å². The second kappa shape index (κ2) is 7.66. The van der Waals surface area contributed by atoms with Crippen LogP contribution in [0, 0.1) is 5.41 Å². The van der Waals surface area contributed by atoms with Crippen molar-refractivity contribution in [3.05, 3.63) is 29.8 Å². The summed E-state index contributed by atoms with van der Waals surface area (Å²) in [6.07, 6.45) is 3.34. The monoisotopic (exact) mass is 359 g/mol. The molecule has 1 spiro atoms. The lowest BCUT2D eigenvalue weighted by Crippen LogP contribution is -2.55. The number of hydrogen-bond donors (Lipinski definition) is 1. The lowest BCUT2D eigenvalue weighted by atomic mass is 9.73. The van der Waals surface area contributed by atoms with E-state index >= 15 is 0 Å². The highest BCUT2D eigenvalue weighted by molar-refractivity contribution is 5.94. The molecule has 2 aliphatic rings. The Morgan fingerprint density at radius 3 is 2.58 bits per heavy atom. The molecule has 0 aliphatic carbocycles. The minimum atomic E-state index is -0.0272. The van der Waals surface area contributed by atoms with Crippen LogP contribution in [0.3, 0.4) is 0 Å². The second-order valence-corrected chi connectivity index (χ2v) is 7.81. The van der Waals surface area contributed by atoms with Gasteiger partial charge in [-0.1, -0.05) is 0 Å². The lowest BCUT2D eigenvalue weighted by Gasteiger charge is -2.48. The van der Waals surface area contributed by atoms with Gasteiger partial charge in [0.1, 0.15) is 0 Å². The van der Waals surface area contributed by atoms with Crippen LogP contribution in [0.5, 0.6) is 0 Å². The first-order valence-corrected chi connectivity index (χ1v) is 9.39. The molecule has 6 nitrogen and oxygen atoms in total. The summed E-state index contributed by atoms with van der Waals surface area (Å²) in [5, 5.41) is 9.21. The SMILES string of the molecule is CN(C)c1ccc(C(=O)N2CCCC3(CCC(=O)N(CCO)C3)C2)cc1. The fourth-order valence-electron chi connectivity index (χ4n) is 4.23. The first-order valence-electron chi connectivity index (χ1n) is 9.39. The molecule has 2 fully saturated rings. The van der Waals surface area contributed by atoms with Crippen LogP contribution in [0.4, 0.5) is 5.69 Å². The highest BCUT2D eigenvalue weighted by Crippen LogP contribution is 2.39. The van der Waals surface area contributed by atoms with Crippen LogP contribution >= 0.6 is 0 Å². The molecular formula is C20H29N3O3. The van der Waals surface area contributed by atoms with Gasteiger partial charge in [0.05, 0.1) is 6.61 Å². The van der Waals surface area contributed by atoms with Crippen LogP contribution in [-0.4, -0.2) is 73.6 Å². The number of likely N-dealkylation sites (tertiary alicyclic amines) is 2. The molecule has 1 unspecified atom stereocenters. The first kappa shape index (κ1) is 18.7. The number of rotatable bonds is 4. The predicted molar refractivity (Wildman–Crippen MR) is 101 cm³/mol. The second-order valence-electron chi connectivity index (χ2n) is 7.81. The van der Waals surface area contributed by atoms with E-state index in [4.69, 9.17) is 0 Å². The van der Waals surface area contributed by atoms with E-state index in [1.165, 1.54) is 0 Å². The molecule has 2 aliphatic heterocycles. The van der Waals surface area contributed by atoms with Gasteiger partial charge in [-0.05, 0) is 43.5 Å². The van der Waals surface area contributed by atoms with Crippen LogP contribution in [0.2, 0.25) is 0 Å². The highest BCUT2D eigenvalue weighted by atomic mass is 16.3. The van der Waals surface area contributed by atoms with E-state index in [1.807, 2.05) is 48.2 Å². The number of piperidine rings is 2. The smallest absolute Gasteiger partial charge is 0.253 e. The number of carbonyl (C=O) groups excluding carboxylic acids is 2. The summed E-state index contributed by atoms with van der Waals surface area (Å²) in [6, 6.07) is 7.72. The highest BCUT2D eigenvalue weighted by Gasteiger charge is 2.42. The van der Waals surface area contributed by atoms with Crippen molar-refractivity contribution in [1.29, 1.82) is 0 Å². The van der Waals surface area contributed by atoms with E-state index in [-0.39, 0.29) is 23.8 Å². The largest absolute Gasteiger partial charge is 0.395 e. The topological polar surface area (TPSA) is 64.1 Å². The van der Waals surface area contributed by atoms with Gasteiger partial charge in [-0.25, -0.2) is 0 Å². The Kier molecular flexibility index (Phi) is 5.51. The molecule has 0 saturated carbocycles. The fourth-order valence-corrected chi connectivity index (χ4v) is 4.23. The number of amides is 2. The zero-order chi connectivity index (χ0) is 18.7. The van der Waals surface area contributed by atoms with E-state index in [0.717, 1.165) is 31.5 Å². The number of β-amino-alcohol motifs (C(OH)–C–C–N with tert-alkyl or cyclic N) is 1. The molecule has 3 rings (SSSR count). The fraction of sp³-hybridized carbons (Fsp3) is 0.600. The van der Waals surface area contributed by atoms with Crippen LogP contribution in [0.15, 0.2) is 24.3 Å². The molecule has 0 aromatic heterocycles. The number of aliphatic hydroxyl groups is 1. The Bertz CT molecular complexity index is 659. The van der Waals surface area contributed by atoms with Crippen molar-refractivity contribution in [2.75, 3.05) is 51.8 Å². The van der Waals surface area contributed by atoms with Gasteiger partial charge in [0.2, 0.25) is 5.91 Å². The van der Waals surface area contributed by atoms with Crippen LogP contribution < -0.4 is 4.90 Å². The molecule has 1 aromatic rings. The maximum Gasteiger partial charge on any atom is 0.253 e. The van der Waals surface area contributed by atoms with Crippen molar-refractivity contribution in [3.8, 4) is 0 Å². The van der Waals surface area contributed by atoms with Crippen LogP contribution in [0.25, 0.3) is 0 Å². The summed E-state index contributed by atoms with van der Waals surface area (Å²) >= 11 is 0. The van der Waals surface area contributed by atoms with Crippen molar-refractivity contribution in [3.63, 3.8) is 0 Å². The quantitative estimate of drug-likeness (QED) is 0.887. The van der Waals surface area contributed by atoms with Crippen molar-refractivity contribution in [2.24, 2.45) is 5.41 Å². The van der Waals surface area contributed by atoms with E-state index in [0.29, 0.717) is 31.6 Å². The van der Waals surface area contributed by atoms with Crippen molar-refractivity contribution in [1.82, 2.24) is 9.80 Å². The Hall–Kier alpha value is -2.08. The molecule has 1 aromatic carbocycles. The van der Waals surface area contributed by atoms with Crippen LogP contribution in [-0.2, 0) is 4.79 Å². The Labute approximate surface area is 155 Å². The maximum atomic E-state index is 13.0. The van der Waals surface area contributed by atoms with E-state index in [9.17, 15) is 14.7 Å². The number of carbonyl (C=O) groups is 2. The summed E-state index contributed by atoms with van der Waals surface area (Å²) in [4.78, 5) is 30.8. The van der Waals surface area contributed by atoms with Gasteiger partial charge in [-0.3, -0.25) is 9.59 Å². The average Bonchev–Trinajstić information content (AvgIpc) is 2.65. The zero-order valence-electron chi connectivity index (χ0n) is 15.8. The normalized spacial score (nSPS) is 23.4. The molecule has 0 bridgehead atoms. The third-order valence-electron chi connectivity index (χ3n) is 5.70. The van der Waals surface area contributed by atoms with E-state index in [1.54, 1.807) is 4.90 Å². The average molecular weight is 359 g/mol. The summed E-state index contributed by atoms with van der Waals surface area (Å²) in [6.45, 7) is 2.49. The van der Waals surface area contributed by atoms with Gasteiger partial charge in [0.15, 0.2) is 0 Å². The van der Waals surface area contributed by atoms with Gasteiger partial charge < -0.3 is 19.8 Å². The molecule has 26 heavy (non-hydrogen) atoms. The predicted octanol–water partition coefficient (Wildman–Crippen LogP) is 1.59. The van der Waals surface area contributed by atoms with Crippen LogP contribution in [0.1, 0.15) is 36.0 Å². The molecule has 2 heterocycles. The van der Waals surface area contributed by atoms with Gasteiger partial charge >= 0.3 is 0 Å². The van der Waals surface area contributed by atoms with Crippen molar-refractivity contribution >= 4 is 17.5 Å². The number of nitrogens with zero attached hydrogens (tertiary/aromatic N) is 3.